The van der Waals surface area contributed by atoms with Crippen LogP contribution in [0.5, 0.6) is 0 Å². The number of hydrogen-bond donors (Lipinski definition) is 2. The second-order valence-electron chi connectivity index (χ2n) is 3.58. The maximum Gasteiger partial charge on any atom is 0.326 e. The van der Waals surface area contributed by atoms with Crippen molar-refractivity contribution >= 4 is 11.9 Å². The highest BCUT2D eigenvalue weighted by Crippen LogP contribution is 2.05. The van der Waals surface area contributed by atoms with E-state index in [2.05, 4.69) is 11.9 Å². The molecule has 14 heavy (non-hydrogen) atoms. The standard InChI is InChI=1S/C10H17NO3/c1-4-5-9(12)11-8(10(13)14)6-7(2)3/h4,7-8H,1,5-6H2,2-3H3,(H,11,12)(H,13,14)/t8-/m1/s1. The molecule has 0 spiro atoms. The van der Waals surface area contributed by atoms with E-state index in [-0.39, 0.29) is 18.2 Å². The van der Waals surface area contributed by atoms with Crippen LogP contribution in [0.3, 0.4) is 0 Å². The third kappa shape index (κ3) is 5.35. The first-order valence-corrected chi connectivity index (χ1v) is 4.60. The summed E-state index contributed by atoms with van der Waals surface area (Å²) in [7, 11) is 0. The lowest BCUT2D eigenvalue weighted by atomic mass is 10.0. The molecule has 1 atom stereocenters. The van der Waals surface area contributed by atoms with Crippen molar-refractivity contribution in [1.82, 2.24) is 5.32 Å². The van der Waals surface area contributed by atoms with Gasteiger partial charge in [0.2, 0.25) is 5.91 Å². The lowest BCUT2D eigenvalue weighted by molar-refractivity contribution is -0.142. The van der Waals surface area contributed by atoms with E-state index >= 15 is 0 Å². The molecule has 0 rings (SSSR count). The van der Waals surface area contributed by atoms with Crippen LogP contribution in [0.25, 0.3) is 0 Å². The van der Waals surface area contributed by atoms with Gasteiger partial charge in [0.15, 0.2) is 0 Å². The first-order valence-electron chi connectivity index (χ1n) is 4.60. The number of carbonyl (C=O) groups is 2. The quantitative estimate of drug-likeness (QED) is 0.631. The molecule has 0 aliphatic rings. The van der Waals surface area contributed by atoms with Crippen LogP contribution in [0.4, 0.5) is 0 Å². The topological polar surface area (TPSA) is 66.4 Å². The van der Waals surface area contributed by atoms with Crippen LogP contribution in [0, 0.1) is 5.92 Å². The van der Waals surface area contributed by atoms with Crippen LogP contribution in [0.1, 0.15) is 26.7 Å². The highest BCUT2D eigenvalue weighted by Gasteiger charge is 2.20. The SMILES string of the molecule is C=CCC(=O)N[C@H](CC(C)C)C(=O)O. The number of carboxylic acids is 1. The molecule has 0 aromatic rings. The smallest absolute Gasteiger partial charge is 0.326 e. The van der Waals surface area contributed by atoms with Crippen molar-refractivity contribution in [2.75, 3.05) is 0 Å². The molecule has 0 fully saturated rings. The van der Waals surface area contributed by atoms with Gasteiger partial charge >= 0.3 is 5.97 Å². The van der Waals surface area contributed by atoms with Gasteiger partial charge in [-0.05, 0) is 12.3 Å². The molecular weight excluding hydrogens is 182 g/mol. The summed E-state index contributed by atoms with van der Waals surface area (Å²) < 4.78 is 0. The van der Waals surface area contributed by atoms with Crippen LogP contribution < -0.4 is 5.32 Å². The summed E-state index contributed by atoms with van der Waals surface area (Å²) in [5.41, 5.74) is 0. The second kappa shape index (κ2) is 6.18. The van der Waals surface area contributed by atoms with Crippen molar-refractivity contribution in [3.63, 3.8) is 0 Å². The average molecular weight is 199 g/mol. The first-order chi connectivity index (χ1) is 6.47. The summed E-state index contributed by atoms with van der Waals surface area (Å²) in [5, 5.41) is 11.2. The molecule has 0 aliphatic heterocycles. The molecule has 0 saturated heterocycles. The molecule has 0 heterocycles. The molecule has 4 nitrogen and oxygen atoms in total. The lowest BCUT2D eigenvalue weighted by Gasteiger charge is -2.15. The zero-order chi connectivity index (χ0) is 11.1. The lowest BCUT2D eigenvalue weighted by Crippen LogP contribution is -2.41. The molecule has 0 aromatic carbocycles. The minimum absolute atomic E-state index is 0.155. The summed E-state index contributed by atoms with van der Waals surface area (Å²) in [6.07, 6.45) is 2.05. The Morgan fingerprint density at radius 1 is 1.50 bits per heavy atom. The monoisotopic (exact) mass is 199 g/mol. The fraction of sp³-hybridized carbons (Fsp3) is 0.600. The van der Waals surface area contributed by atoms with E-state index in [4.69, 9.17) is 5.11 Å². The zero-order valence-corrected chi connectivity index (χ0v) is 8.62. The van der Waals surface area contributed by atoms with Crippen LogP contribution >= 0.6 is 0 Å². The Morgan fingerprint density at radius 2 is 2.07 bits per heavy atom. The summed E-state index contributed by atoms with van der Waals surface area (Å²) in [6, 6.07) is -0.789. The molecule has 2 N–H and O–H groups in total. The third-order valence-corrected chi connectivity index (χ3v) is 1.67. The van der Waals surface area contributed by atoms with Crippen molar-refractivity contribution < 1.29 is 14.7 Å². The van der Waals surface area contributed by atoms with Crippen LogP contribution in [0.2, 0.25) is 0 Å². The Morgan fingerprint density at radius 3 is 2.43 bits per heavy atom. The summed E-state index contributed by atoms with van der Waals surface area (Å²) in [5.74, 6) is -1.05. The van der Waals surface area contributed by atoms with Crippen molar-refractivity contribution in [3.8, 4) is 0 Å². The van der Waals surface area contributed by atoms with Crippen LogP contribution in [0.15, 0.2) is 12.7 Å². The molecule has 0 aromatic heterocycles. The minimum atomic E-state index is -0.990. The predicted molar refractivity (Wildman–Crippen MR) is 53.8 cm³/mol. The molecular formula is C10H17NO3. The van der Waals surface area contributed by atoms with Gasteiger partial charge in [0.1, 0.15) is 6.04 Å². The van der Waals surface area contributed by atoms with Gasteiger partial charge in [-0.25, -0.2) is 4.79 Å². The third-order valence-electron chi connectivity index (χ3n) is 1.67. The number of amides is 1. The predicted octanol–water partition coefficient (Wildman–Crippen LogP) is 1.18. The number of carboxylic acid groups (broad SMARTS) is 1. The van der Waals surface area contributed by atoms with Gasteiger partial charge in [0.25, 0.3) is 0 Å². The molecule has 80 valence electrons. The molecule has 4 heteroatoms. The molecule has 0 radical (unpaired) electrons. The summed E-state index contributed by atoms with van der Waals surface area (Å²) in [4.78, 5) is 21.8. The van der Waals surface area contributed by atoms with Gasteiger partial charge < -0.3 is 10.4 Å². The van der Waals surface area contributed by atoms with Gasteiger partial charge in [0, 0.05) is 6.42 Å². The second-order valence-corrected chi connectivity index (χ2v) is 3.58. The van der Waals surface area contributed by atoms with E-state index in [9.17, 15) is 9.59 Å². The molecule has 1 amide bonds. The van der Waals surface area contributed by atoms with Gasteiger partial charge in [0.05, 0.1) is 0 Å². The van der Waals surface area contributed by atoms with Crippen molar-refractivity contribution in [1.29, 1.82) is 0 Å². The Bertz CT molecular complexity index is 223. The van der Waals surface area contributed by atoms with E-state index in [0.29, 0.717) is 6.42 Å². The number of rotatable bonds is 6. The van der Waals surface area contributed by atoms with E-state index in [1.807, 2.05) is 13.8 Å². The Kier molecular flexibility index (Phi) is 5.60. The van der Waals surface area contributed by atoms with Gasteiger partial charge in [-0.3, -0.25) is 4.79 Å². The molecule has 0 aliphatic carbocycles. The largest absolute Gasteiger partial charge is 0.480 e. The number of carbonyl (C=O) groups excluding carboxylic acids is 1. The summed E-state index contributed by atoms with van der Waals surface area (Å²) >= 11 is 0. The Labute approximate surface area is 84.0 Å². The number of hydrogen-bond acceptors (Lipinski definition) is 2. The van der Waals surface area contributed by atoms with Crippen LogP contribution in [-0.2, 0) is 9.59 Å². The Hall–Kier alpha value is -1.32. The van der Waals surface area contributed by atoms with Crippen molar-refractivity contribution in [3.05, 3.63) is 12.7 Å². The number of nitrogens with one attached hydrogen (secondary N) is 1. The zero-order valence-electron chi connectivity index (χ0n) is 8.62. The van der Waals surface area contributed by atoms with Crippen molar-refractivity contribution in [2.24, 2.45) is 5.92 Å². The first kappa shape index (κ1) is 12.7. The summed E-state index contributed by atoms with van der Waals surface area (Å²) in [6.45, 7) is 7.23. The average Bonchev–Trinajstić information content (AvgIpc) is 2.02. The van der Waals surface area contributed by atoms with E-state index in [1.54, 1.807) is 0 Å². The molecule has 0 unspecified atom stereocenters. The van der Waals surface area contributed by atoms with E-state index < -0.39 is 12.0 Å². The molecule has 0 bridgehead atoms. The highest BCUT2D eigenvalue weighted by atomic mass is 16.4. The molecule has 0 saturated carbocycles. The maximum atomic E-state index is 11.1. The highest BCUT2D eigenvalue weighted by molar-refractivity contribution is 5.84. The van der Waals surface area contributed by atoms with E-state index in [1.165, 1.54) is 6.08 Å². The fourth-order valence-corrected chi connectivity index (χ4v) is 1.08. The minimum Gasteiger partial charge on any atom is -0.480 e. The van der Waals surface area contributed by atoms with E-state index in [0.717, 1.165) is 0 Å². The fourth-order valence-electron chi connectivity index (χ4n) is 1.08. The van der Waals surface area contributed by atoms with Gasteiger partial charge in [-0.1, -0.05) is 19.9 Å². The van der Waals surface area contributed by atoms with Gasteiger partial charge in [-0.2, -0.15) is 0 Å². The van der Waals surface area contributed by atoms with Gasteiger partial charge in [-0.15, -0.1) is 6.58 Å². The van der Waals surface area contributed by atoms with Crippen LogP contribution in [-0.4, -0.2) is 23.0 Å². The Balaban J connectivity index is 4.15. The normalized spacial score (nSPS) is 12.2. The number of aliphatic carboxylic acids is 1. The maximum absolute atomic E-state index is 11.1. The van der Waals surface area contributed by atoms with Crippen molar-refractivity contribution in [2.45, 2.75) is 32.7 Å².